The molecule has 0 fully saturated rings. The highest BCUT2D eigenvalue weighted by atomic mass is 32.2. The summed E-state index contributed by atoms with van der Waals surface area (Å²) in [6, 6.07) is -1.35. The van der Waals surface area contributed by atoms with Gasteiger partial charge in [0.05, 0.1) is 7.11 Å². The van der Waals surface area contributed by atoms with Crippen LogP contribution in [-0.2, 0) is 19.6 Å². The van der Waals surface area contributed by atoms with Crippen molar-refractivity contribution in [2.75, 3.05) is 7.11 Å². The number of methoxy groups -OCH3 is 1. The number of carboxylic acids is 1. The van der Waals surface area contributed by atoms with Crippen LogP contribution in [0.5, 0.6) is 0 Å². The van der Waals surface area contributed by atoms with Crippen molar-refractivity contribution in [3.63, 3.8) is 0 Å². The fourth-order valence-electron chi connectivity index (χ4n) is 1.67. The van der Waals surface area contributed by atoms with Gasteiger partial charge in [0.15, 0.2) is 0 Å². The molecule has 0 aromatic carbocycles. The van der Waals surface area contributed by atoms with Crippen LogP contribution < -0.4 is 4.72 Å². The second-order valence-electron chi connectivity index (χ2n) is 4.09. The zero-order chi connectivity index (χ0) is 15.7. The SMILES string of the molecule is COC(=O)c1c(C)oc(C)c1S(=O)(=O)N[C@H](C)C(=O)O. The quantitative estimate of drug-likeness (QED) is 0.756. The monoisotopic (exact) mass is 305 g/mol. The van der Waals surface area contributed by atoms with Crippen molar-refractivity contribution >= 4 is 22.0 Å². The van der Waals surface area contributed by atoms with Gasteiger partial charge in [-0.2, -0.15) is 4.72 Å². The van der Waals surface area contributed by atoms with Crippen LogP contribution in [-0.4, -0.2) is 38.6 Å². The van der Waals surface area contributed by atoms with Crippen molar-refractivity contribution in [1.29, 1.82) is 0 Å². The maximum absolute atomic E-state index is 12.2. The number of sulfonamides is 1. The lowest BCUT2D eigenvalue weighted by Gasteiger charge is -2.10. The van der Waals surface area contributed by atoms with E-state index in [1.54, 1.807) is 0 Å². The van der Waals surface area contributed by atoms with E-state index in [-0.39, 0.29) is 17.1 Å². The molecule has 20 heavy (non-hydrogen) atoms. The van der Waals surface area contributed by atoms with Gasteiger partial charge in [0.25, 0.3) is 0 Å². The summed E-state index contributed by atoms with van der Waals surface area (Å²) in [5.74, 6) is -2.15. The lowest BCUT2D eigenvalue weighted by molar-refractivity contribution is -0.138. The first-order valence-electron chi connectivity index (χ1n) is 5.55. The summed E-state index contributed by atoms with van der Waals surface area (Å²) < 4.78 is 36.0. The van der Waals surface area contributed by atoms with Gasteiger partial charge in [-0.05, 0) is 20.8 Å². The van der Waals surface area contributed by atoms with Crippen molar-refractivity contribution in [1.82, 2.24) is 4.72 Å². The fourth-order valence-corrected chi connectivity index (χ4v) is 3.27. The van der Waals surface area contributed by atoms with E-state index in [9.17, 15) is 18.0 Å². The largest absolute Gasteiger partial charge is 0.480 e. The molecule has 0 bridgehead atoms. The Labute approximate surface area is 115 Å². The first-order chi connectivity index (χ1) is 9.11. The van der Waals surface area contributed by atoms with E-state index < -0.39 is 32.9 Å². The fraction of sp³-hybridized carbons (Fsp3) is 0.455. The van der Waals surface area contributed by atoms with Crippen LogP contribution in [0.1, 0.15) is 28.8 Å². The lowest BCUT2D eigenvalue weighted by Crippen LogP contribution is -2.38. The average molecular weight is 305 g/mol. The molecule has 0 spiro atoms. The Morgan fingerprint density at radius 3 is 2.30 bits per heavy atom. The number of rotatable bonds is 5. The maximum Gasteiger partial charge on any atom is 0.342 e. The van der Waals surface area contributed by atoms with E-state index in [1.807, 2.05) is 4.72 Å². The van der Waals surface area contributed by atoms with Crippen LogP contribution in [0.3, 0.4) is 0 Å². The Morgan fingerprint density at radius 2 is 1.85 bits per heavy atom. The minimum atomic E-state index is -4.23. The molecule has 0 amide bonds. The van der Waals surface area contributed by atoms with E-state index in [2.05, 4.69) is 4.74 Å². The van der Waals surface area contributed by atoms with Gasteiger partial charge >= 0.3 is 11.9 Å². The summed E-state index contributed by atoms with van der Waals surface area (Å²) in [5, 5.41) is 8.75. The number of carbonyl (C=O) groups is 2. The van der Waals surface area contributed by atoms with Gasteiger partial charge in [-0.3, -0.25) is 4.79 Å². The smallest absolute Gasteiger partial charge is 0.342 e. The third-order valence-corrected chi connectivity index (χ3v) is 4.26. The Morgan fingerprint density at radius 1 is 1.30 bits per heavy atom. The molecule has 0 radical (unpaired) electrons. The summed E-state index contributed by atoms with van der Waals surface area (Å²) in [6.45, 7) is 3.94. The molecule has 9 heteroatoms. The molecule has 2 N–H and O–H groups in total. The zero-order valence-corrected chi connectivity index (χ0v) is 12.2. The molecule has 1 aromatic heterocycles. The van der Waals surface area contributed by atoms with E-state index in [0.717, 1.165) is 7.11 Å². The number of nitrogens with one attached hydrogen (secondary N) is 1. The second kappa shape index (κ2) is 5.63. The van der Waals surface area contributed by atoms with Gasteiger partial charge in [-0.25, -0.2) is 13.2 Å². The summed E-state index contributed by atoms with van der Waals surface area (Å²) in [7, 11) is -3.12. The molecular weight excluding hydrogens is 290 g/mol. The molecule has 1 atom stereocenters. The average Bonchev–Trinajstić information content (AvgIpc) is 2.63. The Balaban J connectivity index is 3.39. The Bertz CT molecular complexity index is 644. The number of carboxylic acid groups (broad SMARTS) is 1. The molecule has 0 saturated heterocycles. The highest BCUT2D eigenvalue weighted by Gasteiger charge is 2.33. The van der Waals surface area contributed by atoms with E-state index in [1.165, 1.54) is 20.8 Å². The zero-order valence-electron chi connectivity index (χ0n) is 11.4. The number of carbonyl (C=O) groups excluding carboxylic acids is 1. The number of hydrogen-bond acceptors (Lipinski definition) is 6. The van der Waals surface area contributed by atoms with Crippen LogP contribution in [0.4, 0.5) is 0 Å². The van der Waals surface area contributed by atoms with Gasteiger partial charge in [-0.15, -0.1) is 0 Å². The van der Waals surface area contributed by atoms with E-state index in [0.29, 0.717) is 0 Å². The Hall–Kier alpha value is -1.87. The number of ether oxygens (including phenoxy) is 1. The highest BCUT2D eigenvalue weighted by Crippen LogP contribution is 2.27. The van der Waals surface area contributed by atoms with Crippen LogP contribution in [0, 0.1) is 13.8 Å². The van der Waals surface area contributed by atoms with Crippen molar-refractivity contribution in [2.45, 2.75) is 31.7 Å². The number of aryl methyl sites for hydroxylation is 2. The number of esters is 1. The van der Waals surface area contributed by atoms with Crippen molar-refractivity contribution < 1.29 is 32.3 Å². The van der Waals surface area contributed by atoms with E-state index >= 15 is 0 Å². The van der Waals surface area contributed by atoms with Gasteiger partial charge in [-0.1, -0.05) is 0 Å². The lowest BCUT2D eigenvalue weighted by atomic mass is 10.2. The predicted molar refractivity (Wildman–Crippen MR) is 66.9 cm³/mol. The molecule has 1 heterocycles. The summed E-state index contributed by atoms with van der Waals surface area (Å²) in [6.07, 6.45) is 0. The van der Waals surface area contributed by atoms with Crippen LogP contribution >= 0.6 is 0 Å². The van der Waals surface area contributed by atoms with Crippen molar-refractivity contribution in [3.8, 4) is 0 Å². The first-order valence-corrected chi connectivity index (χ1v) is 7.03. The predicted octanol–water partition coefficient (Wildman–Crippen LogP) is 0.434. The molecule has 1 aromatic rings. The third kappa shape index (κ3) is 2.99. The molecule has 8 nitrogen and oxygen atoms in total. The molecule has 0 saturated carbocycles. The van der Waals surface area contributed by atoms with Crippen molar-refractivity contribution in [3.05, 3.63) is 17.1 Å². The molecule has 0 aliphatic rings. The first kappa shape index (κ1) is 16.2. The number of furan rings is 1. The van der Waals surface area contributed by atoms with Crippen LogP contribution in [0.25, 0.3) is 0 Å². The standard InChI is InChI=1S/C11H15NO7S/c1-5(10(13)14)12-20(16,17)9-7(3)19-6(2)8(9)11(15)18-4/h5,12H,1-4H3,(H,13,14)/t5-/m1/s1. The summed E-state index contributed by atoms with van der Waals surface area (Å²) in [5.41, 5.74) is -0.241. The molecule has 112 valence electrons. The molecule has 1 rings (SSSR count). The second-order valence-corrected chi connectivity index (χ2v) is 5.74. The van der Waals surface area contributed by atoms with Gasteiger partial charge < -0.3 is 14.3 Å². The Kier molecular flexibility index (Phi) is 4.56. The molecule has 0 aliphatic carbocycles. The third-order valence-electron chi connectivity index (χ3n) is 2.57. The molecular formula is C11H15NO7S. The summed E-state index contributed by atoms with van der Waals surface area (Å²) in [4.78, 5) is 22.0. The minimum absolute atomic E-state index is 0.0204. The highest BCUT2D eigenvalue weighted by molar-refractivity contribution is 7.89. The summed E-state index contributed by atoms with van der Waals surface area (Å²) >= 11 is 0. The number of hydrogen-bond donors (Lipinski definition) is 2. The molecule has 0 aliphatic heterocycles. The van der Waals surface area contributed by atoms with Gasteiger partial charge in [0.2, 0.25) is 10.0 Å². The minimum Gasteiger partial charge on any atom is -0.480 e. The normalized spacial score (nSPS) is 13.0. The van der Waals surface area contributed by atoms with Crippen LogP contribution in [0.2, 0.25) is 0 Å². The van der Waals surface area contributed by atoms with E-state index in [4.69, 9.17) is 9.52 Å². The van der Waals surface area contributed by atoms with Gasteiger partial charge in [0, 0.05) is 0 Å². The maximum atomic E-state index is 12.2. The number of aliphatic carboxylic acids is 1. The van der Waals surface area contributed by atoms with Gasteiger partial charge in [0.1, 0.15) is 28.0 Å². The van der Waals surface area contributed by atoms with Crippen molar-refractivity contribution in [2.24, 2.45) is 0 Å². The topological polar surface area (TPSA) is 123 Å². The molecule has 0 unspecified atom stereocenters. The van der Waals surface area contributed by atoms with Crippen LogP contribution in [0.15, 0.2) is 9.31 Å².